The number of benzene rings is 1. The molecule has 0 fully saturated rings. The Kier molecular flexibility index (Phi) is 4.27. The Morgan fingerprint density at radius 3 is 2.40 bits per heavy atom. The van der Waals surface area contributed by atoms with Crippen molar-refractivity contribution in [1.82, 2.24) is 0 Å². The SMILES string of the molecule is CC(C)(O)[C@@H](O)COCc1ccccc1. The van der Waals surface area contributed by atoms with Gasteiger partial charge in [0.05, 0.1) is 18.8 Å². The highest BCUT2D eigenvalue weighted by Crippen LogP contribution is 2.09. The molecule has 1 aromatic rings. The van der Waals surface area contributed by atoms with Crippen LogP contribution in [-0.2, 0) is 11.3 Å². The number of ether oxygens (including phenoxy) is 1. The van der Waals surface area contributed by atoms with E-state index >= 15 is 0 Å². The van der Waals surface area contributed by atoms with E-state index in [9.17, 15) is 10.2 Å². The molecule has 0 radical (unpaired) electrons. The monoisotopic (exact) mass is 210 g/mol. The quantitative estimate of drug-likeness (QED) is 0.771. The Hall–Kier alpha value is -0.900. The van der Waals surface area contributed by atoms with E-state index in [1.807, 2.05) is 30.3 Å². The second-order valence-corrected chi connectivity index (χ2v) is 4.17. The fourth-order valence-corrected chi connectivity index (χ4v) is 1.07. The standard InChI is InChI=1S/C12H18O3/c1-12(2,14)11(13)9-15-8-10-6-4-3-5-7-10/h3-7,11,13-14H,8-9H2,1-2H3/t11-/m0/s1. The Labute approximate surface area is 90.3 Å². The lowest BCUT2D eigenvalue weighted by molar-refractivity contribution is -0.0885. The van der Waals surface area contributed by atoms with Gasteiger partial charge in [-0.1, -0.05) is 30.3 Å². The fraction of sp³-hybridized carbons (Fsp3) is 0.500. The maximum atomic E-state index is 9.49. The van der Waals surface area contributed by atoms with Crippen molar-refractivity contribution in [2.24, 2.45) is 0 Å². The average molecular weight is 210 g/mol. The first-order chi connectivity index (χ1) is 7.00. The minimum Gasteiger partial charge on any atom is -0.388 e. The van der Waals surface area contributed by atoms with Gasteiger partial charge in [0.2, 0.25) is 0 Å². The minimum absolute atomic E-state index is 0.137. The maximum absolute atomic E-state index is 9.49. The van der Waals surface area contributed by atoms with Crippen molar-refractivity contribution in [3.05, 3.63) is 35.9 Å². The summed E-state index contributed by atoms with van der Waals surface area (Å²) in [4.78, 5) is 0. The molecule has 0 saturated carbocycles. The molecule has 0 unspecified atom stereocenters. The van der Waals surface area contributed by atoms with E-state index in [-0.39, 0.29) is 6.61 Å². The van der Waals surface area contributed by atoms with Gasteiger partial charge >= 0.3 is 0 Å². The van der Waals surface area contributed by atoms with Crippen LogP contribution in [0.25, 0.3) is 0 Å². The molecule has 0 spiro atoms. The van der Waals surface area contributed by atoms with Gasteiger partial charge in [-0.25, -0.2) is 0 Å². The Morgan fingerprint density at radius 1 is 1.27 bits per heavy atom. The first kappa shape index (κ1) is 12.2. The molecule has 1 rings (SSSR count). The molecule has 15 heavy (non-hydrogen) atoms. The summed E-state index contributed by atoms with van der Waals surface area (Å²) < 4.78 is 5.30. The van der Waals surface area contributed by atoms with E-state index in [1.165, 1.54) is 0 Å². The van der Waals surface area contributed by atoms with Gasteiger partial charge in [-0.15, -0.1) is 0 Å². The molecule has 0 aliphatic heterocycles. The van der Waals surface area contributed by atoms with Crippen LogP contribution >= 0.6 is 0 Å². The summed E-state index contributed by atoms with van der Waals surface area (Å²) in [6.07, 6.45) is -0.860. The van der Waals surface area contributed by atoms with E-state index in [0.717, 1.165) is 5.56 Å². The summed E-state index contributed by atoms with van der Waals surface area (Å²) in [6.45, 7) is 3.71. The third-order valence-corrected chi connectivity index (χ3v) is 2.20. The van der Waals surface area contributed by atoms with Crippen molar-refractivity contribution in [3.63, 3.8) is 0 Å². The van der Waals surface area contributed by atoms with Gasteiger partial charge in [0.1, 0.15) is 6.10 Å². The van der Waals surface area contributed by atoms with E-state index in [1.54, 1.807) is 13.8 Å². The number of rotatable bonds is 5. The molecule has 0 aromatic heterocycles. The molecule has 0 aliphatic rings. The highest BCUT2D eigenvalue weighted by molar-refractivity contribution is 5.13. The van der Waals surface area contributed by atoms with Crippen molar-refractivity contribution >= 4 is 0 Å². The first-order valence-corrected chi connectivity index (χ1v) is 5.02. The molecule has 2 N–H and O–H groups in total. The van der Waals surface area contributed by atoms with Crippen molar-refractivity contribution in [2.75, 3.05) is 6.61 Å². The molecule has 0 amide bonds. The maximum Gasteiger partial charge on any atom is 0.105 e. The lowest BCUT2D eigenvalue weighted by Gasteiger charge is -2.24. The summed E-state index contributed by atoms with van der Waals surface area (Å²) in [5.41, 5.74) is -0.0584. The second kappa shape index (κ2) is 5.26. The van der Waals surface area contributed by atoms with Crippen LogP contribution in [0, 0.1) is 0 Å². The van der Waals surface area contributed by atoms with Crippen LogP contribution in [0.4, 0.5) is 0 Å². The summed E-state index contributed by atoms with van der Waals surface area (Å²) in [6, 6.07) is 9.72. The number of hydrogen-bond acceptors (Lipinski definition) is 3. The molecule has 1 aromatic carbocycles. The molecule has 3 heteroatoms. The topological polar surface area (TPSA) is 49.7 Å². The zero-order chi connectivity index (χ0) is 11.3. The summed E-state index contributed by atoms with van der Waals surface area (Å²) in [5.74, 6) is 0. The Balaban J connectivity index is 2.28. The molecule has 0 bridgehead atoms. The molecule has 0 aliphatic carbocycles. The molecule has 84 valence electrons. The highest BCUT2D eigenvalue weighted by Gasteiger charge is 2.24. The molecule has 0 saturated heterocycles. The largest absolute Gasteiger partial charge is 0.388 e. The predicted molar refractivity (Wildman–Crippen MR) is 58.4 cm³/mol. The highest BCUT2D eigenvalue weighted by atomic mass is 16.5. The lowest BCUT2D eigenvalue weighted by Crippen LogP contribution is -2.39. The molecule has 0 heterocycles. The van der Waals surface area contributed by atoms with Crippen LogP contribution in [0.2, 0.25) is 0 Å². The zero-order valence-electron chi connectivity index (χ0n) is 9.18. The number of aliphatic hydroxyl groups excluding tert-OH is 1. The van der Waals surface area contributed by atoms with Crippen LogP contribution in [0.3, 0.4) is 0 Å². The van der Waals surface area contributed by atoms with E-state index < -0.39 is 11.7 Å². The first-order valence-electron chi connectivity index (χ1n) is 5.02. The van der Waals surface area contributed by atoms with Gasteiger partial charge < -0.3 is 14.9 Å². The smallest absolute Gasteiger partial charge is 0.105 e. The molecule has 1 atom stereocenters. The zero-order valence-corrected chi connectivity index (χ0v) is 9.18. The average Bonchev–Trinajstić information content (AvgIpc) is 2.18. The van der Waals surface area contributed by atoms with Gasteiger partial charge in [-0.3, -0.25) is 0 Å². The molecule has 3 nitrogen and oxygen atoms in total. The Morgan fingerprint density at radius 2 is 1.87 bits per heavy atom. The van der Waals surface area contributed by atoms with E-state index in [4.69, 9.17) is 4.74 Å². The van der Waals surface area contributed by atoms with Crippen molar-refractivity contribution < 1.29 is 14.9 Å². The van der Waals surface area contributed by atoms with Crippen molar-refractivity contribution in [3.8, 4) is 0 Å². The Bertz CT molecular complexity index is 277. The van der Waals surface area contributed by atoms with E-state index in [2.05, 4.69) is 0 Å². The molecular formula is C12H18O3. The second-order valence-electron chi connectivity index (χ2n) is 4.17. The third kappa shape index (κ3) is 4.42. The van der Waals surface area contributed by atoms with Crippen LogP contribution in [0.5, 0.6) is 0 Å². The van der Waals surface area contributed by atoms with Gasteiger partial charge in [0.15, 0.2) is 0 Å². The van der Waals surface area contributed by atoms with Crippen molar-refractivity contribution in [2.45, 2.75) is 32.2 Å². The summed E-state index contributed by atoms with van der Waals surface area (Å²) in [5, 5.41) is 18.9. The molecular weight excluding hydrogens is 192 g/mol. The van der Waals surface area contributed by atoms with Crippen LogP contribution < -0.4 is 0 Å². The number of aliphatic hydroxyl groups is 2. The summed E-state index contributed by atoms with van der Waals surface area (Å²) in [7, 11) is 0. The van der Waals surface area contributed by atoms with Gasteiger partial charge in [-0.05, 0) is 19.4 Å². The van der Waals surface area contributed by atoms with Gasteiger partial charge in [0, 0.05) is 0 Å². The van der Waals surface area contributed by atoms with Gasteiger partial charge in [-0.2, -0.15) is 0 Å². The minimum atomic E-state index is -1.11. The lowest BCUT2D eigenvalue weighted by atomic mass is 10.0. The van der Waals surface area contributed by atoms with Crippen molar-refractivity contribution in [1.29, 1.82) is 0 Å². The normalized spacial score (nSPS) is 13.9. The number of hydrogen-bond donors (Lipinski definition) is 2. The van der Waals surface area contributed by atoms with E-state index in [0.29, 0.717) is 6.61 Å². The van der Waals surface area contributed by atoms with Crippen LogP contribution in [-0.4, -0.2) is 28.5 Å². The predicted octanol–water partition coefficient (Wildman–Crippen LogP) is 1.33. The third-order valence-electron chi connectivity index (χ3n) is 2.20. The summed E-state index contributed by atoms with van der Waals surface area (Å²) >= 11 is 0. The van der Waals surface area contributed by atoms with Gasteiger partial charge in [0.25, 0.3) is 0 Å². The fourth-order valence-electron chi connectivity index (χ4n) is 1.07. The van der Waals surface area contributed by atoms with Crippen LogP contribution in [0.15, 0.2) is 30.3 Å². The van der Waals surface area contributed by atoms with Crippen LogP contribution in [0.1, 0.15) is 19.4 Å².